The zero-order valence-corrected chi connectivity index (χ0v) is 18.2. The largest absolute Gasteiger partial charge is 0.497 e. The number of pyridine rings is 2. The molecule has 3 heterocycles. The van der Waals surface area contributed by atoms with Gasteiger partial charge in [0.1, 0.15) is 11.6 Å². The van der Waals surface area contributed by atoms with E-state index >= 15 is 0 Å². The van der Waals surface area contributed by atoms with E-state index < -0.39 is 11.7 Å². The summed E-state index contributed by atoms with van der Waals surface area (Å²) in [6.07, 6.45) is 4.79. The second-order valence-corrected chi connectivity index (χ2v) is 7.75. The number of nitrogens with zero attached hydrogens (tertiary/aromatic N) is 2. The molecular formula is C23H16Cl2FN3O3. The van der Waals surface area contributed by atoms with Gasteiger partial charge in [0.2, 0.25) is 0 Å². The summed E-state index contributed by atoms with van der Waals surface area (Å²) in [4.78, 5) is 29.6. The van der Waals surface area contributed by atoms with Crippen molar-refractivity contribution >= 4 is 46.1 Å². The number of methoxy groups -OCH3 is 1. The van der Waals surface area contributed by atoms with Crippen molar-refractivity contribution in [2.75, 3.05) is 12.4 Å². The fraction of sp³-hybridized carbons (Fsp3) is 0.0870. The molecular weight excluding hydrogens is 456 g/mol. The number of halogens is 3. The summed E-state index contributed by atoms with van der Waals surface area (Å²) in [5.41, 5.74) is 2.37. The maximum Gasteiger partial charge on any atom is 0.296 e. The highest BCUT2D eigenvalue weighted by atomic mass is 35.5. The summed E-state index contributed by atoms with van der Waals surface area (Å²) in [5, 5.41) is 2.68. The summed E-state index contributed by atoms with van der Waals surface area (Å²) >= 11 is 12.1. The number of aromatic nitrogens is 2. The van der Waals surface area contributed by atoms with Gasteiger partial charge < -0.3 is 14.5 Å². The minimum atomic E-state index is -0.899. The van der Waals surface area contributed by atoms with E-state index in [-0.39, 0.29) is 27.1 Å². The lowest BCUT2D eigenvalue weighted by molar-refractivity contribution is -0.112. The Bertz CT molecular complexity index is 1320. The van der Waals surface area contributed by atoms with Crippen LogP contribution in [0.1, 0.15) is 21.6 Å². The van der Waals surface area contributed by atoms with Crippen LogP contribution >= 0.6 is 23.2 Å². The molecule has 0 bridgehead atoms. The van der Waals surface area contributed by atoms with Crippen molar-refractivity contribution in [1.82, 2.24) is 9.38 Å². The van der Waals surface area contributed by atoms with Crippen molar-refractivity contribution in [3.8, 4) is 5.75 Å². The molecule has 4 aromatic rings. The molecule has 0 atom stereocenters. The second kappa shape index (κ2) is 8.98. The third kappa shape index (κ3) is 4.30. The van der Waals surface area contributed by atoms with Crippen LogP contribution < -0.4 is 10.1 Å². The van der Waals surface area contributed by atoms with Crippen molar-refractivity contribution < 1.29 is 18.7 Å². The first-order chi connectivity index (χ1) is 15.4. The van der Waals surface area contributed by atoms with Crippen LogP contribution in [0.4, 0.5) is 10.1 Å². The molecule has 0 aliphatic rings. The molecule has 0 radical (unpaired) electrons. The lowest BCUT2D eigenvalue weighted by Gasteiger charge is -2.08. The highest BCUT2D eigenvalue weighted by Gasteiger charge is 2.24. The number of hydrogen-bond acceptors (Lipinski definition) is 4. The van der Waals surface area contributed by atoms with E-state index in [2.05, 4.69) is 10.3 Å². The van der Waals surface area contributed by atoms with E-state index in [9.17, 15) is 14.0 Å². The van der Waals surface area contributed by atoms with E-state index in [1.807, 2.05) is 0 Å². The first-order valence-corrected chi connectivity index (χ1v) is 10.2. The molecule has 1 aromatic carbocycles. The molecule has 0 unspecified atom stereocenters. The van der Waals surface area contributed by atoms with Crippen molar-refractivity contribution in [2.24, 2.45) is 0 Å². The predicted molar refractivity (Wildman–Crippen MR) is 120 cm³/mol. The minimum absolute atomic E-state index is 0.106. The summed E-state index contributed by atoms with van der Waals surface area (Å²) in [5.74, 6) is -1.48. The van der Waals surface area contributed by atoms with Gasteiger partial charge in [-0.15, -0.1) is 0 Å². The summed E-state index contributed by atoms with van der Waals surface area (Å²) in [6, 6.07) is 11.1. The Morgan fingerprint density at radius 2 is 1.78 bits per heavy atom. The van der Waals surface area contributed by atoms with E-state index in [0.29, 0.717) is 17.7 Å². The summed E-state index contributed by atoms with van der Waals surface area (Å²) in [6.45, 7) is 0. The zero-order chi connectivity index (χ0) is 22.8. The van der Waals surface area contributed by atoms with Gasteiger partial charge in [0.25, 0.3) is 11.7 Å². The van der Waals surface area contributed by atoms with Gasteiger partial charge in [-0.05, 0) is 29.8 Å². The number of ether oxygens (including phenoxy) is 1. The molecule has 0 spiro atoms. The number of hydrogen-bond donors (Lipinski definition) is 1. The van der Waals surface area contributed by atoms with Crippen molar-refractivity contribution in [2.45, 2.75) is 6.42 Å². The van der Waals surface area contributed by atoms with Gasteiger partial charge in [0.05, 0.1) is 33.9 Å². The van der Waals surface area contributed by atoms with E-state index in [1.54, 1.807) is 40.9 Å². The van der Waals surface area contributed by atoms with Crippen LogP contribution in [0.5, 0.6) is 5.75 Å². The molecule has 1 amide bonds. The van der Waals surface area contributed by atoms with Gasteiger partial charge in [0, 0.05) is 36.8 Å². The average Bonchev–Trinajstić information content (AvgIpc) is 3.14. The van der Waals surface area contributed by atoms with Gasteiger partial charge in [-0.2, -0.15) is 0 Å². The van der Waals surface area contributed by atoms with E-state index in [4.69, 9.17) is 27.9 Å². The maximum atomic E-state index is 13.3. The number of Topliss-reactive ketones (excluding diaryl/α,β-unsaturated/α-hetero) is 1. The number of carbonyl (C=O) groups excluding carboxylic acids is 2. The summed E-state index contributed by atoms with van der Waals surface area (Å²) in [7, 11) is 1.51. The van der Waals surface area contributed by atoms with E-state index in [1.165, 1.54) is 31.6 Å². The number of benzene rings is 1. The molecule has 4 rings (SSSR count). The Morgan fingerprint density at radius 3 is 2.44 bits per heavy atom. The Kier molecular flexibility index (Phi) is 6.12. The fourth-order valence-corrected chi connectivity index (χ4v) is 3.79. The molecule has 0 saturated heterocycles. The molecule has 0 fully saturated rings. The molecule has 3 aromatic heterocycles. The number of nitrogens with one attached hydrogen (secondary N) is 1. The van der Waals surface area contributed by atoms with Crippen LogP contribution in [-0.4, -0.2) is 28.2 Å². The third-order valence-corrected chi connectivity index (χ3v) is 5.47. The molecule has 162 valence electrons. The highest BCUT2D eigenvalue weighted by Crippen LogP contribution is 2.29. The number of amides is 1. The number of carbonyl (C=O) groups is 2. The van der Waals surface area contributed by atoms with Crippen LogP contribution in [0.3, 0.4) is 0 Å². The molecule has 0 aliphatic heterocycles. The predicted octanol–water partition coefficient (Wildman–Crippen LogP) is 5.20. The zero-order valence-electron chi connectivity index (χ0n) is 16.7. The lowest BCUT2D eigenvalue weighted by Crippen LogP contribution is -2.23. The van der Waals surface area contributed by atoms with Crippen LogP contribution in [0.2, 0.25) is 10.0 Å². The van der Waals surface area contributed by atoms with Gasteiger partial charge in [-0.3, -0.25) is 14.6 Å². The number of anilines is 1. The standard InChI is InChI=1S/C23H16Cl2FN3O3/c1-32-16-6-7-29-15(8-13-2-4-14(26)5-3-13)9-17(20(29)10-16)22(30)23(31)28-21-18(24)11-27-12-19(21)25/h2-7,9-12H,8H2,1H3,(H,27,28,31). The maximum absolute atomic E-state index is 13.3. The molecule has 9 heteroatoms. The number of rotatable bonds is 6. The Hall–Kier alpha value is -3.42. The topological polar surface area (TPSA) is 72.7 Å². The SMILES string of the molecule is COc1ccn2c(Cc3ccc(F)cc3)cc(C(=O)C(=O)Nc3c(Cl)cncc3Cl)c2c1. The Labute approximate surface area is 192 Å². The molecule has 32 heavy (non-hydrogen) atoms. The van der Waals surface area contributed by atoms with Gasteiger partial charge in [-0.1, -0.05) is 35.3 Å². The number of ketones is 1. The van der Waals surface area contributed by atoms with Gasteiger partial charge >= 0.3 is 0 Å². The molecule has 6 nitrogen and oxygen atoms in total. The van der Waals surface area contributed by atoms with Gasteiger partial charge in [-0.25, -0.2) is 4.39 Å². The van der Waals surface area contributed by atoms with Crippen LogP contribution in [0.15, 0.2) is 61.1 Å². The first-order valence-electron chi connectivity index (χ1n) is 9.44. The van der Waals surface area contributed by atoms with Crippen molar-refractivity contribution in [3.63, 3.8) is 0 Å². The van der Waals surface area contributed by atoms with Gasteiger partial charge in [0.15, 0.2) is 0 Å². The molecule has 0 saturated carbocycles. The fourth-order valence-electron chi connectivity index (χ4n) is 3.33. The van der Waals surface area contributed by atoms with Crippen LogP contribution in [-0.2, 0) is 11.2 Å². The first kappa shape index (κ1) is 21.8. The molecule has 1 N–H and O–H groups in total. The Morgan fingerprint density at radius 1 is 1.09 bits per heavy atom. The van der Waals surface area contributed by atoms with E-state index in [0.717, 1.165) is 11.3 Å². The second-order valence-electron chi connectivity index (χ2n) is 6.94. The van der Waals surface area contributed by atoms with Crippen LogP contribution in [0.25, 0.3) is 5.52 Å². The average molecular weight is 472 g/mol. The van der Waals surface area contributed by atoms with Crippen molar-refractivity contribution in [1.29, 1.82) is 0 Å². The highest BCUT2D eigenvalue weighted by molar-refractivity contribution is 6.49. The van der Waals surface area contributed by atoms with Crippen molar-refractivity contribution in [3.05, 3.63) is 93.7 Å². The normalized spacial score (nSPS) is 10.9. The number of fused-ring (bicyclic) bond motifs is 1. The minimum Gasteiger partial charge on any atom is -0.497 e. The summed E-state index contributed by atoms with van der Waals surface area (Å²) < 4.78 is 20.3. The monoisotopic (exact) mass is 471 g/mol. The quantitative estimate of drug-likeness (QED) is 0.309. The third-order valence-electron chi connectivity index (χ3n) is 4.90. The lowest BCUT2D eigenvalue weighted by atomic mass is 10.1. The molecule has 0 aliphatic carbocycles. The Balaban J connectivity index is 1.72. The smallest absolute Gasteiger partial charge is 0.296 e. The van der Waals surface area contributed by atoms with Crippen LogP contribution in [0, 0.1) is 5.82 Å².